The molecule has 8 heterocycles. The molecule has 0 atom stereocenters. The van der Waals surface area contributed by atoms with Gasteiger partial charge in [-0.1, -0.05) is 127 Å². The van der Waals surface area contributed by atoms with Crippen LogP contribution in [-0.2, 0) is 0 Å². The molecular formula is C78H46N8. The fourth-order valence-corrected chi connectivity index (χ4v) is 12.9. The molecule has 398 valence electrons. The van der Waals surface area contributed by atoms with E-state index in [1.807, 2.05) is 116 Å². The number of benzene rings is 9. The maximum absolute atomic E-state index is 5.35. The fourth-order valence-electron chi connectivity index (χ4n) is 12.9. The molecule has 8 heteroatoms. The Hall–Kier alpha value is -11.7. The van der Waals surface area contributed by atoms with Crippen molar-refractivity contribution in [3.63, 3.8) is 0 Å². The van der Waals surface area contributed by atoms with Crippen molar-refractivity contribution in [1.82, 2.24) is 39.9 Å². The lowest BCUT2D eigenvalue weighted by Crippen LogP contribution is -1.97. The second-order valence-corrected chi connectivity index (χ2v) is 21.9. The van der Waals surface area contributed by atoms with Crippen molar-refractivity contribution in [3.8, 4) is 113 Å². The van der Waals surface area contributed by atoms with Gasteiger partial charge < -0.3 is 0 Å². The maximum atomic E-state index is 5.35. The topological polar surface area (TPSA) is 103 Å². The van der Waals surface area contributed by atoms with Crippen LogP contribution in [0.1, 0.15) is 0 Å². The molecule has 8 aromatic heterocycles. The normalized spacial score (nSPS) is 11.7. The van der Waals surface area contributed by atoms with Crippen LogP contribution in [0.5, 0.6) is 0 Å². The van der Waals surface area contributed by atoms with E-state index < -0.39 is 0 Å². The molecule has 9 aromatic carbocycles. The first-order valence-electron chi connectivity index (χ1n) is 28.8. The van der Waals surface area contributed by atoms with Crippen LogP contribution < -0.4 is 0 Å². The Labute approximate surface area is 494 Å². The van der Waals surface area contributed by atoms with Crippen LogP contribution in [-0.4, -0.2) is 39.9 Å². The van der Waals surface area contributed by atoms with Gasteiger partial charge in [-0.2, -0.15) is 0 Å². The number of nitrogens with zero attached hydrogens (tertiary/aromatic N) is 8. The van der Waals surface area contributed by atoms with Gasteiger partial charge in [0.15, 0.2) is 0 Å². The first kappa shape index (κ1) is 48.9. The minimum atomic E-state index is 0.738. The third-order valence-corrected chi connectivity index (χ3v) is 16.9. The van der Waals surface area contributed by atoms with Gasteiger partial charge in [0.2, 0.25) is 0 Å². The number of rotatable bonds is 10. The number of hydrogen-bond donors (Lipinski definition) is 0. The van der Waals surface area contributed by atoms with E-state index in [0.717, 1.165) is 134 Å². The minimum Gasteiger partial charge on any atom is -0.256 e. The zero-order valence-corrected chi connectivity index (χ0v) is 46.1. The van der Waals surface area contributed by atoms with Gasteiger partial charge in [0.25, 0.3) is 0 Å². The van der Waals surface area contributed by atoms with E-state index in [1.165, 1.54) is 43.1 Å². The van der Waals surface area contributed by atoms with Gasteiger partial charge in [-0.3, -0.25) is 29.9 Å². The Morgan fingerprint density at radius 3 is 1.02 bits per heavy atom. The first-order chi connectivity index (χ1) is 42.6. The van der Waals surface area contributed by atoms with Crippen molar-refractivity contribution < 1.29 is 0 Å². The van der Waals surface area contributed by atoms with E-state index in [2.05, 4.69) is 169 Å². The van der Waals surface area contributed by atoms with Crippen molar-refractivity contribution in [3.05, 3.63) is 280 Å². The van der Waals surface area contributed by atoms with Gasteiger partial charge >= 0.3 is 0 Å². The predicted octanol–water partition coefficient (Wildman–Crippen LogP) is 19.3. The molecule has 0 N–H and O–H groups in total. The predicted molar refractivity (Wildman–Crippen MR) is 351 cm³/mol. The Bertz CT molecular complexity index is 5320. The quantitative estimate of drug-likeness (QED) is 0.125. The standard InChI is InChI=1S/C78H46N8/c1-6-33-79-65(14-1)48-21-19-47(20-22-48)61-45-64(66-15-2-7-34-80-66)60-31-26-52-39-54(38-51-25-30-57(61)78(60)76(51)52)53-27-32-70(84-46-53)74-43-56(42-73(86-74)69-18-5-10-37-83-69)63-44-62(58-28-23-49-12-11-13-50-24-29-59(63)77(58)75(49)50)55-40-71(67-16-3-8-35-81-67)85-72(41-55)68-17-4-9-36-82-68/h1-46H. The average Bonchev–Trinajstić information content (AvgIpc) is 0.999. The Morgan fingerprint density at radius 1 is 0.186 bits per heavy atom. The Kier molecular flexibility index (Phi) is 11.4. The molecule has 0 bridgehead atoms. The summed E-state index contributed by atoms with van der Waals surface area (Å²) in [6.07, 6.45) is 11.1. The van der Waals surface area contributed by atoms with Crippen molar-refractivity contribution in [2.45, 2.75) is 0 Å². The molecule has 0 aliphatic carbocycles. The lowest BCUT2D eigenvalue weighted by Gasteiger charge is -2.19. The lowest BCUT2D eigenvalue weighted by atomic mass is 9.85. The van der Waals surface area contributed by atoms with E-state index in [0.29, 0.717) is 0 Å². The van der Waals surface area contributed by atoms with Gasteiger partial charge in [-0.05, 0) is 219 Å². The molecule has 0 unspecified atom stereocenters. The first-order valence-corrected chi connectivity index (χ1v) is 28.8. The molecule has 0 radical (unpaired) electrons. The van der Waals surface area contributed by atoms with Crippen LogP contribution >= 0.6 is 0 Å². The minimum absolute atomic E-state index is 0.738. The molecule has 0 spiro atoms. The molecule has 0 aliphatic rings. The highest BCUT2D eigenvalue weighted by Gasteiger charge is 2.23. The van der Waals surface area contributed by atoms with Crippen molar-refractivity contribution in [1.29, 1.82) is 0 Å². The highest BCUT2D eigenvalue weighted by atomic mass is 14.8. The van der Waals surface area contributed by atoms with Crippen molar-refractivity contribution in [2.75, 3.05) is 0 Å². The summed E-state index contributed by atoms with van der Waals surface area (Å²) in [5.74, 6) is 0. The second kappa shape index (κ2) is 20.0. The molecule has 0 saturated carbocycles. The summed E-state index contributed by atoms with van der Waals surface area (Å²) in [7, 11) is 0. The molecule has 17 aromatic rings. The second-order valence-electron chi connectivity index (χ2n) is 21.9. The zero-order valence-electron chi connectivity index (χ0n) is 46.1. The maximum Gasteiger partial charge on any atom is 0.0900 e. The van der Waals surface area contributed by atoms with Gasteiger partial charge in [0.05, 0.1) is 56.9 Å². The van der Waals surface area contributed by atoms with Crippen LogP contribution in [0.2, 0.25) is 0 Å². The molecule has 17 rings (SSSR count). The molecule has 0 aliphatic heterocycles. The summed E-state index contributed by atoms with van der Waals surface area (Å²) in [5.41, 5.74) is 18.7. The fraction of sp³-hybridized carbons (Fsp3) is 0. The molecular weight excluding hydrogens is 1050 g/mol. The Balaban J connectivity index is 0.808. The van der Waals surface area contributed by atoms with Crippen LogP contribution in [0.4, 0.5) is 0 Å². The summed E-state index contributed by atoms with van der Waals surface area (Å²) in [6.45, 7) is 0. The van der Waals surface area contributed by atoms with Gasteiger partial charge in [0.1, 0.15) is 0 Å². The van der Waals surface area contributed by atoms with Gasteiger partial charge in [-0.15, -0.1) is 0 Å². The van der Waals surface area contributed by atoms with Crippen LogP contribution in [0.3, 0.4) is 0 Å². The summed E-state index contributed by atoms with van der Waals surface area (Å²) >= 11 is 0. The number of aromatic nitrogens is 8. The van der Waals surface area contributed by atoms with Crippen LogP contribution in [0.25, 0.3) is 177 Å². The third kappa shape index (κ3) is 8.30. The number of pyridine rings is 8. The summed E-state index contributed by atoms with van der Waals surface area (Å²) < 4.78 is 0. The Morgan fingerprint density at radius 2 is 0.570 bits per heavy atom. The SMILES string of the molecule is c1ccc(-c2ccc(-c3cc(-c4ccccn4)c4ccc5cc(-c6ccc(-c7cc(-c8cc(-c9cc(-c%10ccccn%10)nc(-c%10ccccn%10)c9)c9ccc%10cccc%11ccc8c9c%10%11)cc(-c8ccccn8)n7)nc6)cc6ccc3c4c65)cc2)nc1. The highest BCUT2D eigenvalue weighted by molar-refractivity contribution is 6.30. The van der Waals surface area contributed by atoms with E-state index >= 15 is 0 Å². The zero-order chi connectivity index (χ0) is 56.7. The van der Waals surface area contributed by atoms with E-state index in [9.17, 15) is 0 Å². The largest absolute Gasteiger partial charge is 0.256 e. The van der Waals surface area contributed by atoms with Crippen molar-refractivity contribution in [2.24, 2.45) is 0 Å². The highest BCUT2D eigenvalue weighted by Crippen LogP contribution is 2.48. The third-order valence-electron chi connectivity index (χ3n) is 16.9. The smallest absolute Gasteiger partial charge is 0.0900 e. The van der Waals surface area contributed by atoms with E-state index in [4.69, 9.17) is 34.9 Å². The van der Waals surface area contributed by atoms with Gasteiger partial charge in [-0.25, -0.2) is 9.97 Å². The molecule has 0 saturated heterocycles. The molecule has 0 amide bonds. The monoisotopic (exact) mass is 1090 g/mol. The summed E-state index contributed by atoms with van der Waals surface area (Å²) in [5, 5.41) is 14.2. The van der Waals surface area contributed by atoms with Crippen LogP contribution in [0.15, 0.2) is 280 Å². The number of hydrogen-bond acceptors (Lipinski definition) is 8. The van der Waals surface area contributed by atoms with Crippen LogP contribution in [0, 0.1) is 0 Å². The van der Waals surface area contributed by atoms with Crippen molar-refractivity contribution >= 4 is 64.6 Å². The molecule has 86 heavy (non-hydrogen) atoms. The lowest BCUT2D eigenvalue weighted by molar-refractivity contribution is 1.22. The van der Waals surface area contributed by atoms with E-state index in [1.54, 1.807) is 0 Å². The van der Waals surface area contributed by atoms with E-state index in [-0.39, 0.29) is 0 Å². The van der Waals surface area contributed by atoms with Gasteiger partial charge in [0, 0.05) is 53.9 Å². The summed E-state index contributed by atoms with van der Waals surface area (Å²) in [4.78, 5) is 39.6. The summed E-state index contributed by atoms with van der Waals surface area (Å²) in [6, 6.07) is 85.7. The molecule has 0 fully saturated rings. The average molecular weight is 1100 g/mol. The molecule has 8 nitrogen and oxygen atoms in total.